The summed E-state index contributed by atoms with van der Waals surface area (Å²) in [6.45, 7) is 1.63. The number of amides is 1. The number of carbonyl (C=O) groups is 1. The first kappa shape index (κ1) is 18.9. The van der Waals surface area contributed by atoms with Crippen molar-refractivity contribution >= 4 is 11.7 Å². The van der Waals surface area contributed by atoms with Crippen LogP contribution in [0.5, 0.6) is 5.75 Å². The van der Waals surface area contributed by atoms with Crippen molar-refractivity contribution in [2.45, 2.75) is 32.2 Å². The Morgan fingerprint density at radius 3 is 2.63 bits per heavy atom. The fourth-order valence-electron chi connectivity index (χ4n) is 2.91. The summed E-state index contributed by atoms with van der Waals surface area (Å²) in [4.78, 5) is 22.6. The number of aromatic nitrogens is 2. The van der Waals surface area contributed by atoms with E-state index in [1.807, 2.05) is 0 Å². The fourth-order valence-corrected chi connectivity index (χ4v) is 2.91. The molecule has 0 bridgehead atoms. The molecule has 27 heavy (non-hydrogen) atoms. The SMILES string of the molecule is O=C(NCc1ccccc1OC(F)(F)F)c1cc(N2CCCCC2)ncn1. The van der Waals surface area contributed by atoms with Gasteiger partial charge in [-0.2, -0.15) is 0 Å². The zero-order valence-corrected chi connectivity index (χ0v) is 14.5. The molecule has 0 spiro atoms. The molecule has 1 fully saturated rings. The van der Waals surface area contributed by atoms with Crippen molar-refractivity contribution in [3.8, 4) is 5.75 Å². The number of hydrogen-bond acceptors (Lipinski definition) is 5. The Labute approximate surface area is 154 Å². The third-order valence-corrected chi connectivity index (χ3v) is 4.20. The minimum absolute atomic E-state index is 0.117. The maximum absolute atomic E-state index is 12.5. The molecule has 1 amide bonds. The van der Waals surface area contributed by atoms with Crippen LogP contribution in [0.4, 0.5) is 19.0 Å². The molecule has 144 valence electrons. The molecule has 1 N–H and O–H groups in total. The van der Waals surface area contributed by atoms with Gasteiger partial charge in [0.1, 0.15) is 23.6 Å². The van der Waals surface area contributed by atoms with Crippen molar-refractivity contribution in [2.24, 2.45) is 0 Å². The van der Waals surface area contributed by atoms with Gasteiger partial charge in [0, 0.05) is 31.3 Å². The lowest BCUT2D eigenvalue weighted by Crippen LogP contribution is -2.31. The van der Waals surface area contributed by atoms with Crippen molar-refractivity contribution in [3.05, 3.63) is 47.9 Å². The molecule has 6 nitrogen and oxygen atoms in total. The number of hydrogen-bond donors (Lipinski definition) is 1. The second-order valence-corrected chi connectivity index (χ2v) is 6.15. The molecule has 1 aromatic carbocycles. The van der Waals surface area contributed by atoms with Crippen LogP contribution in [0.15, 0.2) is 36.7 Å². The Bertz CT molecular complexity index is 792. The minimum atomic E-state index is -4.80. The molecule has 1 saturated heterocycles. The number of carbonyl (C=O) groups excluding carboxylic acids is 1. The zero-order valence-electron chi connectivity index (χ0n) is 14.5. The van der Waals surface area contributed by atoms with Crippen LogP contribution in [-0.4, -0.2) is 35.3 Å². The van der Waals surface area contributed by atoms with Crippen molar-refractivity contribution in [1.29, 1.82) is 0 Å². The highest BCUT2D eigenvalue weighted by Crippen LogP contribution is 2.26. The van der Waals surface area contributed by atoms with E-state index in [4.69, 9.17) is 0 Å². The number of nitrogens with zero attached hydrogens (tertiary/aromatic N) is 3. The second-order valence-electron chi connectivity index (χ2n) is 6.15. The van der Waals surface area contributed by atoms with E-state index in [0.717, 1.165) is 25.9 Å². The van der Waals surface area contributed by atoms with E-state index in [9.17, 15) is 18.0 Å². The molecule has 2 heterocycles. The molecule has 9 heteroatoms. The Kier molecular flexibility index (Phi) is 5.78. The van der Waals surface area contributed by atoms with Crippen LogP contribution >= 0.6 is 0 Å². The predicted molar refractivity (Wildman–Crippen MR) is 92.4 cm³/mol. The summed E-state index contributed by atoms with van der Waals surface area (Å²) in [6.07, 6.45) is -0.160. The first-order valence-corrected chi connectivity index (χ1v) is 8.61. The number of halogens is 3. The maximum Gasteiger partial charge on any atom is 0.573 e. The molecule has 1 aromatic heterocycles. The number of nitrogens with one attached hydrogen (secondary N) is 1. The largest absolute Gasteiger partial charge is 0.573 e. The van der Waals surface area contributed by atoms with Crippen LogP contribution < -0.4 is 15.0 Å². The lowest BCUT2D eigenvalue weighted by molar-refractivity contribution is -0.274. The third kappa shape index (κ3) is 5.32. The number of anilines is 1. The topological polar surface area (TPSA) is 67.3 Å². The van der Waals surface area contributed by atoms with E-state index in [1.165, 1.54) is 30.9 Å². The Morgan fingerprint density at radius 2 is 1.89 bits per heavy atom. The van der Waals surface area contributed by atoms with Gasteiger partial charge in [-0.3, -0.25) is 4.79 Å². The Morgan fingerprint density at radius 1 is 1.15 bits per heavy atom. The highest BCUT2D eigenvalue weighted by molar-refractivity contribution is 5.92. The molecule has 0 aliphatic carbocycles. The first-order chi connectivity index (χ1) is 12.9. The van der Waals surface area contributed by atoms with Gasteiger partial charge < -0.3 is 15.0 Å². The van der Waals surface area contributed by atoms with Gasteiger partial charge in [-0.1, -0.05) is 18.2 Å². The molecule has 1 aliphatic heterocycles. The smallest absolute Gasteiger partial charge is 0.405 e. The summed E-state index contributed by atoms with van der Waals surface area (Å²) in [5.41, 5.74) is 0.383. The average Bonchev–Trinajstić information content (AvgIpc) is 2.67. The summed E-state index contributed by atoms with van der Waals surface area (Å²) >= 11 is 0. The highest BCUT2D eigenvalue weighted by Gasteiger charge is 2.32. The quantitative estimate of drug-likeness (QED) is 0.862. The molecular weight excluding hydrogens is 361 g/mol. The molecule has 2 aromatic rings. The molecule has 3 rings (SSSR count). The van der Waals surface area contributed by atoms with Gasteiger partial charge in [0.2, 0.25) is 0 Å². The van der Waals surface area contributed by atoms with Crippen molar-refractivity contribution in [1.82, 2.24) is 15.3 Å². The van der Waals surface area contributed by atoms with Crippen LogP contribution in [0.3, 0.4) is 0 Å². The number of piperidine rings is 1. The summed E-state index contributed by atoms with van der Waals surface area (Å²) < 4.78 is 41.4. The monoisotopic (exact) mass is 380 g/mol. The lowest BCUT2D eigenvalue weighted by Gasteiger charge is -2.27. The molecule has 0 saturated carbocycles. The highest BCUT2D eigenvalue weighted by atomic mass is 19.4. The van der Waals surface area contributed by atoms with Crippen LogP contribution in [0, 0.1) is 0 Å². The molecule has 1 aliphatic rings. The molecular formula is C18H19F3N4O2. The van der Waals surface area contributed by atoms with E-state index in [0.29, 0.717) is 5.82 Å². The number of rotatable bonds is 5. The fraction of sp³-hybridized carbons (Fsp3) is 0.389. The van der Waals surface area contributed by atoms with E-state index >= 15 is 0 Å². The predicted octanol–water partition coefficient (Wildman–Crippen LogP) is 3.30. The standard InChI is InChI=1S/C18H19F3N4O2/c19-18(20,21)27-15-7-3-2-6-13(15)11-22-17(26)14-10-16(24-12-23-14)25-8-4-1-5-9-25/h2-3,6-7,10,12H,1,4-5,8-9,11H2,(H,22,26). The number of ether oxygens (including phenoxy) is 1. The van der Waals surface area contributed by atoms with Gasteiger partial charge >= 0.3 is 6.36 Å². The van der Waals surface area contributed by atoms with E-state index in [2.05, 4.69) is 24.9 Å². The van der Waals surface area contributed by atoms with Gasteiger partial charge in [0.15, 0.2) is 0 Å². The van der Waals surface area contributed by atoms with E-state index in [1.54, 1.807) is 12.1 Å². The van der Waals surface area contributed by atoms with E-state index < -0.39 is 12.3 Å². The van der Waals surface area contributed by atoms with Gasteiger partial charge in [0.05, 0.1) is 0 Å². The van der Waals surface area contributed by atoms with Gasteiger partial charge in [-0.15, -0.1) is 13.2 Å². The van der Waals surface area contributed by atoms with Crippen LogP contribution in [0.1, 0.15) is 35.3 Å². The first-order valence-electron chi connectivity index (χ1n) is 8.61. The normalized spacial score (nSPS) is 14.7. The molecule has 0 unspecified atom stereocenters. The molecule has 0 radical (unpaired) electrons. The van der Waals surface area contributed by atoms with Crippen molar-refractivity contribution in [3.63, 3.8) is 0 Å². The number of alkyl halides is 3. The van der Waals surface area contributed by atoms with Crippen LogP contribution in [0.25, 0.3) is 0 Å². The minimum Gasteiger partial charge on any atom is -0.405 e. The lowest BCUT2D eigenvalue weighted by atomic mass is 10.1. The van der Waals surface area contributed by atoms with Crippen LogP contribution in [-0.2, 0) is 6.54 Å². The Hall–Kier alpha value is -2.84. The Balaban J connectivity index is 1.66. The zero-order chi connectivity index (χ0) is 19.3. The van der Waals surface area contributed by atoms with Crippen molar-refractivity contribution in [2.75, 3.05) is 18.0 Å². The summed E-state index contributed by atoms with van der Waals surface area (Å²) in [6, 6.07) is 7.26. The number of benzene rings is 1. The van der Waals surface area contributed by atoms with Gasteiger partial charge in [-0.25, -0.2) is 9.97 Å². The van der Waals surface area contributed by atoms with Crippen LogP contribution in [0.2, 0.25) is 0 Å². The third-order valence-electron chi connectivity index (χ3n) is 4.20. The van der Waals surface area contributed by atoms with Crippen molar-refractivity contribution < 1.29 is 22.7 Å². The second kappa shape index (κ2) is 8.24. The van der Waals surface area contributed by atoms with Gasteiger partial charge in [0.25, 0.3) is 5.91 Å². The summed E-state index contributed by atoms with van der Waals surface area (Å²) in [5.74, 6) is -0.157. The van der Waals surface area contributed by atoms with Gasteiger partial charge in [-0.05, 0) is 25.3 Å². The summed E-state index contributed by atoms with van der Waals surface area (Å²) in [7, 11) is 0. The summed E-state index contributed by atoms with van der Waals surface area (Å²) in [5, 5.41) is 2.58. The average molecular weight is 380 g/mol. The maximum atomic E-state index is 12.5. The molecule has 0 atom stereocenters. The van der Waals surface area contributed by atoms with E-state index in [-0.39, 0.29) is 23.6 Å². The number of para-hydroxylation sites is 1.